The molecule has 0 saturated carbocycles. The Bertz CT molecular complexity index is 562. The van der Waals surface area contributed by atoms with Crippen LogP contribution in [-0.4, -0.2) is 5.91 Å². The molecule has 2 aromatic rings. The Hall–Kier alpha value is -2.29. The Morgan fingerprint density at radius 3 is 2.29 bits per heavy atom. The van der Waals surface area contributed by atoms with Crippen LogP contribution in [0.25, 0.3) is 11.1 Å². The molecular weight excluding hydrogens is 212 g/mol. The zero-order valence-corrected chi connectivity index (χ0v) is 9.60. The first kappa shape index (κ1) is 11.2. The third kappa shape index (κ3) is 1.99. The summed E-state index contributed by atoms with van der Waals surface area (Å²) in [6, 6.07) is 13.3. The normalized spacial score (nSPS) is 10.2. The highest BCUT2D eigenvalue weighted by atomic mass is 16.1. The van der Waals surface area contributed by atoms with Crippen LogP contribution in [0.2, 0.25) is 0 Å². The summed E-state index contributed by atoms with van der Waals surface area (Å²) in [4.78, 5) is 11.3. The molecule has 0 aromatic heterocycles. The molecule has 0 saturated heterocycles. The number of carbonyl (C=O) groups is 1. The van der Waals surface area contributed by atoms with Crippen molar-refractivity contribution in [2.75, 3.05) is 5.73 Å². The molecule has 0 aliphatic carbocycles. The number of benzene rings is 2. The molecule has 0 fully saturated rings. The van der Waals surface area contributed by atoms with Crippen molar-refractivity contribution in [2.24, 2.45) is 5.73 Å². The van der Waals surface area contributed by atoms with Gasteiger partial charge in [0.1, 0.15) is 0 Å². The summed E-state index contributed by atoms with van der Waals surface area (Å²) in [7, 11) is 0. The summed E-state index contributed by atoms with van der Waals surface area (Å²) in [5, 5.41) is 0. The molecule has 3 nitrogen and oxygen atoms in total. The first-order chi connectivity index (χ1) is 8.11. The molecule has 4 N–H and O–H groups in total. The molecule has 86 valence electrons. The standard InChI is InChI=1S/C14H14N2O/c1-9-7-8-11(14(16)17)13(15)12(9)10-5-3-2-4-6-10/h2-8H,15H2,1H3,(H2,16,17). The second kappa shape index (κ2) is 4.29. The van der Waals surface area contributed by atoms with Gasteiger partial charge in [0.05, 0.1) is 11.3 Å². The number of aryl methyl sites for hydroxylation is 1. The zero-order valence-electron chi connectivity index (χ0n) is 9.60. The lowest BCUT2D eigenvalue weighted by molar-refractivity contribution is 0.100. The molecular formula is C14H14N2O. The first-order valence-corrected chi connectivity index (χ1v) is 5.35. The smallest absolute Gasteiger partial charge is 0.250 e. The van der Waals surface area contributed by atoms with E-state index in [4.69, 9.17) is 11.5 Å². The predicted molar refractivity (Wildman–Crippen MR) is 69.5 cm³/mol. The van der Waals surface area contributed by atoms with E-state index in [1.54, 1.807) is 6.07 Å². The van der Waals surface area contributed by atoms with E-state index in [-0.39, 0.29) is 0 Å². The number of carbonyl (C=O) groups excluding carboxylic acids is 1. The van der Waals surface area contributed by atoms with Gasteiger partial charge in [-0.2, -0.15) is 0 Å². The quantitative estimate of drug-likeness (QED) is 0.772. The number of primary amides is 1. The highest BCUT2D eigenvalue weighted by Gasteiger charge is 2.13. The molecule has 0 unspecified atom stereocenters. The van der Waals surface area contributed by atoms with E-state index in [1.165, 1.54) is 0 Å². The van der Waals surface area contributed by atoms with E-state index in [1.807, 2.05) is 43.3 Å². The fraction of sp³-hybridized carbons (Fsp3) is 0.0714. The number of hydrogen-bond donors (Lipinski definition) is 2. The Morgan fingerprint density at radius 2 is 1.71 bits per heavy atom. The van der Waals surface area contributed by atoms with Crippen molar-refractivity contribution in [1.29, 1.82) is 0 Å². The minimum absolute atomic E-state index is 0.370. The minimum Gasteiger partial charge on any atom is -0.398 e. The molecule has 1 amide bonds. The molecule has 2 aromatic carbocycles. The topological polar surface area (TPSA) is 69.1 Å². The van der Waals surface area contributed by atoms with Gasteiger partial charge in [-0.25, -0.2) is 0 Å². The maximum atomic E-state index is 11.3. The van der Waals surface area contributed by atoms with Crippen LogP contribution in [0.3, 0.4) is 0 Å². The molecule has 3 heteroatoms. The number of nitrogen functional groups attached to an aromatic ring is 1. The summed E-state index contributed by atoms with van der Waals surface area (Å²) in [5.74, 6) is -0.500. The van der Waals surface area contributed by atoms with E-state index < -0.39 is 5.91 Å². The van der Waals surface area contributed by atoms with Crippen LogP contribution in [0.1, 0.15) is 15.9 Å². The highest BCUT2D eigenvalue weighted by molar-refractivity contribution is 6.02. The fourth-order valence-corrected chi connectivity index (χ4v) is 1.93. The van der Waals surface area contributed by atoms with Crippen LogP contribution < -0.4 is 11.5 Å². The fourth-order valence-electron chi connectivity index (χ4n) is 1.93. The molecule has 0 bridgehead atoms. The largest absolute Gasteiger partial charge is 0.398 e. The molecule has 0 aliphatic heterocycles. The van der Waals surface area contributed by atoms with E-state index in [0.717, 1.165) is 16.7 Å². The second-order valence-electron chi connectivity index (χ2n) is 3.95. The van der Waals surface area contributed by atoms with Crippen LogP contribution in [0, 0.1) is 6.92 Å². The summed E-state index contributed by atoms with van der Waals surface area (Å²) in [6.45, 7) is 1.96. The van der Waals surface area contributed by atoms with Crippen molar-refractivity contribution >= 4 is 11.6 Å². The van der Waals surface area contributed by atoms with E-state index in [9.17, 15) is 4.79 Å². The van der Waals surface area contributed by atoms with E-state index in [0.29, 0.717) is 11.3 Å². The number of hydrogen-bond acceptors (Lipinski definition) is 2. The van der Waals surface area contributed by atoms with Gasteiger partial charge in [0.15, 0.2) is 0 Å². The van der Waals surface area contributed by atoms with Crippen LogP contribution in [0.4, 0.5) is 5.69 Å². The van der Waals surface area contributed by atoms with Gasteiger partial charge in [-0.3, -0.25) is 4.79 Å². The number of amides is 1. The molecule has 0 spiro atoms. The average Bonchev–Trinajstić information content (AvgIpc) is 2.30. The molecule has 2 rings (SSSR count). The summed E-state index contributed by atoms with van der Waals surface area (Å²) in [5.41, 5.74) is 15.0. The maximum absolute atomic E-state index is 11.3. The van der Waals surface area contributed by atoms with Gasteiger partial charge < -0.3 is 11.5 Å². The minimum atomic E-state index is -0.500. The Kier molecular flexibility index (Phi) is 2.83. The van der Waals surface area contributed by atoms with Crippen molar-refractivity contribution in [3.05, 3.63) is 53.6 Å². The first-order valence-electron chi connectivity index (χ1n) is 5.35. The zero-order chi connectivity index (χ0) is 12.4. The lowest BCUT2D eigenvalue weighted by Gasteiger charge is -2.12. The number of rotatable bonds is 2. The van der Waals surface area contributed by atoms with Gasteiger partial charge in [0.25, 0.3) is 5.91 Å². The summed E-state index contributed by atoms with van der Waals surface area (Å²) < 4.78 is 0. The van der Waals surface area contributed by atoms with Crippen LogP contribution in [-0.2, 0) is 0 Å². The summed E-state index contributed by atoms with van der Waals surface area (Å²) >= 11 is 0. The van der Waals surface area contributed by atoms with Crippen LogP contribution >= 0.6 is 0 Å². The maximum Gasteiger partial charge on any atom is 0.250 e. The predicted octanol–water partition coefficient (Wildman–Crippen LogP) is 2.34. The molecule has 0 heterocycles. The van der Waals surface area contributed by atoms with Crippen molar-refractivity contribution in [3.8, 4) is 11.1 Å². The van der Waals surface area contributed by atoms with E-state index in [2.05, 4.69) is 0 Å². The third-order valence-electron chi connectivity index (χ3n) is 2.78. The van der Waals surface area contributed by atoms with E-state index >= 15 is 0 Å². The second-order valence-corrected chi connectivity index (χ2v) is 3.95. The van der Waals surface area contributed by atoms with Gasteiger partial charge in [-0.1, -0.05) is 36.4 Å². The number of anilines is 1. The molecule has 17 heavy (non-hydrogen) atoms. The van der Waals surface area contributed by atoms with Crippen LogP contribution in [0.5, 0.6) is 0 Å². The van der Waals surface area contributed by atoms with Crippen molar-refractivity contribution in [2.45, 2.75) is 6.92 Å². The van der Waals surface area contributed by atoms with Gasteiger partial charge in [0.2, 0.25) is 0 Å². The van der Waals surface area contributed by atoms with Gasteiger partial charge >= 0.3 is 0 Å². The molecule has 0 aliphatic rings. The lowest BCUT2D eigenvalue weighted by Crippen LogP contribution is -2.14. The number of nitrogens with two attached hydrogens (primary N) is 2. The Balaban J connectivity index is 2.69. The third-order valence-corrected chi connectivity index (χ3v) is 2.78. The van der Waals surface area contributed by atoms with Crippen LogP contribution in [0.15, 0.2) is 42.5 Å². The van der Waals surface area contributed by atoms with Gasteiger partial charge in [-0.15, -0.1) is 0 Å². The highest BCUT2D eigenvalue weighted by Crippen LogP contribution is 2.31. The molecule has 0 radical (unpaired) electrons. The molecule has 0 atom stereocenters. The van der Waals surface area contributed by atoms with Crippen molar-refractivity contribution < 1.29 is 4.79 Å². The van der Waals surface area contributed by atoms with Crippen molar-refractivity contribution in [3.63, 3.8) is 0 Å². The SMILES string of the molecule is Cc1ccc(C(N)=O)c(N)c1-c1ccccc1. The monoisotopic (exact) mass is 226 g/mol. The van der Waals surface area contributed by atoms with Gasteiger partial charge in [0, 0.05) is 5.56 Å². The average molecular weight is 226 g/mol. The van der Waals surface area contributed by atoms with Gasteiger partial charge in [-0.05, 0) is 24.1 Å². The Labute approximate surface area is 100 Å². The lowest BCUT2D eigenvalue weighted by atomic mass is 9.95. The summed E-state index contributed by atoms with van der Waals surface area (Å²) in [6.07, 6.45) is 0. The Morgan fingerprint density at radius 1 is 1.06 bits per heavy atom. The van der Waals surface area contributed by atoms with Crippen molar-refractivity contribution in [1.82, 2.24) is 0 Å².